The molecular weight excluding hydrogens is 366 g/mol. The summed E-state index contributed by atoms with van der Waals surface area (Å²) >= 11 is 6.09. The van der Waals surface area contributed by atoms with E-state index >= 15 is 0 Å². The van der Waals surface area contributed by atoms with Crippen molar-refractivity contribution in [3.05, 3.63) is 64.0 Å². The van der Waals surface area contributed by atoms with Crippen molar-refractivity contribution in [3.63, 3.8) is 0 Å². The molecule has 7 heteroatoms. The maximum atomic E-state index is 13.0. The predicted octanol–water partition coefficient (Wildman–Crippen LogP) is 3.68. The molecule has 0 fully saturated rings. The van der Waals surface area contributed by atoms with Crippen LogP contribution in [0.1, 0.15) is 20.3 Å². The lowest BCUT2D eigenvalue weighted by molar-refractivity contribution is -0.120. The lowest BCUT2D eigenvalue weighted by Crippen LogP contribution is -2.27. The molecule has 0 spiro atoms. The van der Waals surface area contributed by atoms with Crippen LogP contribution in [-0.2, 0) is 11.3 Å². The molecule has 1 aromatic heterocycles. The van der Waals surface area contributed by atoms with Crippen molar-refractivity contribution in [2.24, 2.45) is 5.92 Å². The van der Waals surface area contributed by atoms with Gasteiger partial charge in [-0.3, -0.25) is 9.36 Å². The fourth-order valence-corrected chi connectivity index (χ4v) is 3.03. The van der Waals surface area contributed by atoms with Crippen molar-refractivity contribution in [3.8, 4) is 22.8 Å². The first kappa shape index (κ1) is 18.9. The minimum absolute atomic E-state index is 0.0411. The monoisotopic (exact) mass is 385 g/mol. The Hall–Kier alpha value is -2.86. The van der Waals surface area contributed by atoms with Crippen LogP contribution in [0.2, 0.25) is 5.02 Å². The van der Waals surface area contributed by atoms with Gasteiger partial charge in [-0.05, 0) is 42.3 Å². The highest BCUT2D eigenvalue weighted by Crippen LogP contribution is 2.22. The molecule has 0 atom stereocenters. The predicted molar refractivity (Wildman–Crippen MR) is 104 cm³/mol. The fraction of sp³-hybridized carbons (Fsp3) is 0.250. The molecule has 0 unspecified atom stereocenters. The van der Waals surface area contributed by atoms with Gasteiger partial charge < -0.3 is 5.11 Å². The van der Waals surface area contributed by atoms with Crippen LogP contribution in [0.25, 0.3) is 17.1 Å². The van der Waals surface area contributed by atoms with E-state index in [1.165, 1.54) is 21.4 Å². The molecule has 0 aliphatic rings. The molecule has 0 saturated heterocycles. The van der Waals surface area contributed by atoms with Crippen molar-refractivity contribution in [1.29, 1.82) is 0 Å². The highest BCUT2D eigenvalue weighted by Gasteiger charge is 2.19. The third kappa shape index (κ3) is 4.28. The summed E-state index contributed by atoms with van der Waals surface area (Å²) in [6.07, 6.45) is 0.381. The molecule has 0 amide bonds. The van der Waals surface area contributed by atoms with Gasteiger partial charge in [0.15, 0.2) is 11.6 Å². The smallest absolute Gasteiger partial charge is 0.351 e. The summed E-state index contributed by atoms with van der Waals surface area (Å²) in [5.74, 6) is 0.622. The molecular formula is C20H20ClN3O3. The van der Waals surface area contributed by atoms with Gasteiger partial charge in [-0.15, -0.1) is 5.10 Å². The average Bonchev–Trinajstić information content (AvgIpc) is 2.92. The number of hydrogen-bond donors (Lipinski definition) is 1. The summed E-state index contributed by atoms with van der Waals surface area (Å²) in [5, 5.41) is 14.4. The minimum atomic E-state index is -0.423. The van der Waals surface area contributed by atoms with Crippen LogP contribution >= 0.6 is 11.6 Å². The number of ketones is 1. The second-order valence-electron chi connectivity index (χ2n) is 6.77. The maximum absolute atomic E-state index is 13.0. The van der Waals surface area contributed by atoms with Crippen molar-refractivity contribution < 1.29 is 9.90 Å². The summed E-state index contributed by atoms with van der Waals surface area (Å²) in [6.45, 7) is 3.85. The van der Waals surface area contributed by atoms with E-state index < -0.39 is 5.69 Å². The van der Waals surface area contributed by atoms with Gasteiger partial charge in [-0.25, -0.2) is 4.79 Å². The Morgan fingerprint density at radius 1 is 1.19 bits per heavy atom. The van der Waals surface area contributed by atoms with E-state index in [1.54, 1.807) is 36.4 Å². The number of phenols is 1. The Morgan fingerprint density at radius 2 is 1.89 bits per heavy atom. The number of halogens is 1. The zero-order chi connectivity index (χ0) is 19.6. The molecule has 3 aromatic rings. The second-order valence-corrected chi connectivity index (χ2v) is 7.20. The summed E-state index contributed by atoms with van der Waals surface area (Å²) in [6, 6.07) is 13.1. The first-order valence-corrected chi connectivity index (χ1v) is 9.00. The average molecular weight is 386 g/mol. The van der Waals surface area contributed by atoms with E-state index in [9.17, 15) is 14.7 Å². The molecule has 0 radical (unpaired) electrons. The van der Waals surface area contributed by atoms with Crippen molar-refractivity contribution >= 4 is 17.4 Å². The number of benzene rings is 2. The van der Waals surface area contributed by atoms with Gasteiger partial charge in [0.25, 0.3) is 0 Å². The highest BCUT2D eigenvalue weighted by atomic mass is 35.5. The molecule has 0 bridgehead atoms. The standard InChI is InChI=1S/C20H20ClN3O3/c1-13(2)10-18(26)12-23-19(14-4-3-5-15(21)11-14)22-24(20(23)27)16-6-8-17(25)9-7-16/h3-9,11,13,25H,10,12H2,1-2H3. The van der Waals surface area contributed by atoms with Crippen LogP contribution in [0.3, 0.4) is 0 Å². The molecule has 1 N–H and O–H groups in total. The summed E-state index contributed by atoms with van der Waals surface area (Å²) < 4.78 is 2.58. The molecule has 0 saturated carbocycles. The van der Waals surface area contributed by atoms with Gasteiger partial charge >= 0.3 is 5.69 Å². The first-order chi connectivity index (χ1) is 12.8. The Balaban J connectivity index is 2.12. The van der Waals surface area contributed by atoms with Crippen LogP contribution in [0, 0.1) is 5.92 Å². The van der Waals surface area contributed by atoms with Gasteiger partial charge in [-0.1, -0.05) is 37.6 Å². The Kier molecular flexibility index (Phi) is 5.46. The van der Waals surface area contributed by atoms with Crippen molar-refractivity contribution in [1.82, 2.24) is 14.3 Å². The van der Waals surface area contributed by atoms with Crippen LogP contribution in [0.5, 0.6) is 5.75 Å². The zero-order valence-electron chi connectivity index (χ0n) is 15.1. The number of Topliss-reactive ketones (excluding diaryl/α,β-unsaturated/α-hetero) is 1. The lowest BCUT2D eigenvalue weighted by Gasteiger charge is -2.07. The number of hydrogen-bond acceptors (Lipinski definition) is 4. The minimum Gasteiger partial charge on any atom is -0.508 e. The van der Waals surface area contributed by atoms with E-state index in [4.69, 9.17) is 11.6 Å². The number of carbonyl (C=O) groups excluding carboxylic acids is 1. The highest BCUT2D eigenvalue weighted by molar-refractivity contribution is 6.30. The first-order valence-electron chi connectivity index (χ1n) is 8.62. The number of nitrogens with zero attached hydrogens (tertiary/aromatic N) is 3. The van der Waals surface area contributed by atoms with E-state index in [0.717, 1.165) is 0 Å². The molecule has 0 aliphatic carbocycles. The van der Waals surface area contributed by atoms with Gasteiger partial charge in [-0.2, -0.15) is 4.68 Å². The van der Waals surface area contributed by atoms with Gasteiger partial charge in [0.05, 0.1) is 12.2 Å². The Bertz CT molecular complexity index is 1020. The van der Waals surface area contributed by atoms with Gasteiger partial charge in [0.2, 0.25) is 0 Å². The SMILES string of the molecule is CC(C)CC(=O)Cn1c(-c2cccc(Cl)c2)nn(-c2ccc(O)cc2)c1=O. The molecule has 3 rings (SSSR count). The number of carbonyl (C=O) groups is 1. The Labute approximate surface area is 161 Å². The zero-order valence-corrected chi connectivity index (χ0v) is 15.8. The number of rotatable bonds is 6. The quantitative estimate of drug-likeness (QED) is 0.702. The molecule has 2 aromatic carbocycles. The summed E-state index contributed by atoms with van der Waals surface area (Å²) in [5.41, 5.74) is 0.721. The van der Waals surface area contributed by atoms with Crippen molar-refractivity contribution in [2.45, 2.75) is 26.8 Å². The number of aromatic nitrogens is 3. The molecule has 0 aliphatic heterocycles. The second kappa shape index (κ2) is 7.80. The van der Waals surface area contributed by atoms with Crippen LogP contribution in [0.4, 0.5) is 0 Å². The normalized spacial score (nSPS) is 11.1. The molecule has 1 heterocycles. The largest absolute Gasteiger partial charge is 0.508 e. The van der Waals surface area contributed by atoms with E-state index in [-0.39, 0.29) is 24.0 Å². The molecule has 140 valence electrons. The van der Waals surface area contributed by atoms with Gasteiger partial charge in [0, 0.05) is 17.0 Å². The summed E-state index contributed by atoms with van der Waals surface area (Å²) in [4.78, 5) is 25.3. The fourth-order valence-electron chi connectivity index (χ4n) is 2.84. The maximum Gasteiger partial charge on any atom is 0.351 e. The number of aromatic hydroxyl groups is 1. The third-order valence-corrected chi connectivity index (χ3v) is 4.25. The van der Waals surface area contributed by atoms with E-state index in [1.807, 2.05) is 13.8 Å². The third-order valence-electron chi connectivity index (χ3n) is 4.01. The summed E-state index contributed by atoms with van der Waals surface area (Å²) in [7, 11) is 0. The van der Waals surface area contributed by atoms with Gasteiger partial charge in [0.1, 0.15) is 5.75 Å². The Morgan fingerprint density at radius 3 is 2.52 bits per heavy atom. The van der Waals surface area contributed by atoms with E-state index in [2.05, 4.69) is 5.10 Å². The van der Waals surface area contributed by atoms with Crippen molar-refractivity contribution in [2.75, 3.05) is 0 Å². The van der Waals surface area contributed by atoms with Crippen LogP contribution < -0.4 is 5.69 Å². The lowest BCUT2D eigenvalue weighted by atomic mass is 10.1. The van der Waals surface area contributed by atoms with E-state index in [0.29, 0.717) is 28.5 Å². The molecule has 27 heavy (non-hydrogen) atoms. The molecule has 6 nitrogen and oxygen atoms in total. The van der Waals surface area contributed by atoms with Crippen LogP contribution in [0.15, 0.2) is 53.3 Å². The van der Waals surface area contributed by atoms with Crippen LogP contribution in [-0.4, -0.2) is 25.2 Å². The number of phenolic OH excluding ortho intramolecular Hbond substituents is 1. The topological polar surface area (TPSA) is 77.1 Å².